The number of aromatic nitrogens is 1. The number of alkyl halides is 1. The van der Waals surface area contributed by atoms with E-state index in [1.54, 1.807) is 13.3 Å². The summed E-state index contributed by atoms with van der Waals surface area (Å²) in [5, 5.41) is 3.34. The monoisotopic (exact) mass is 276 g/mol. The number of hydrogen-bond donors (Lipinski definition) is 1. The second-order valence-corrected chi connectivity index (χ2v) is 4.58. The molecular weight excluding hydrogens is 260 g/mol. The van der Waals surface area contributed by atoms with E-state index in [1.165, 1.54) is 5.56 Å². The lowest BCUT2D eigenvalue weighted by Crippen LogP contribution is -1.94. The summed E-state index contributed by atoms with van der Waals surface area (Å²) in [7, 11) is 1.61. The third kappa shape index (κ3) is 4.14. The number of benzene rings is 1. The van der Waals surface area contributed by atoms with Gasteiger partial charge in [0.25, 0.3) is 0 Å². The highest BCUT2D eigenvalue weighted by atomic mass is 35.5. The summed E-state index contributed by atoms with van der Waals surface area (Å²) in [6.07, 6.45) is 3.71. The van der Waals surface area contributed by atoms with Crippen molar-refractivity contribution in [2.75, 3.05) is 18.3 Å². The van der Waals surface area contributed by atoms with Crippen LogP contribution in [0.5, 0.6) is 5.88 Å². The molecule has 1 aromatic carbocycles. The molecule has 100 valence electrons. The summed E-state index contributed by atoms with van der Waals surface area (Å²) in [4.78, 5) is 4.08. The van der Waals surface area contributed by atoms with Crippen LogP contribution >= 0.6 is 11.6 Å². The van der Waals surface area contributed by atoms with E-state index in [1.807, 2.05) is 24.3 Å². The van der Waals surface area contributed by atoms with Crippen molar-refractivity contribution in [2.45, 2.75) is 12.8 Å². The normalized spacial score (nSPS) is 10.2. The van der Waals surface area contributed by atoms with Crippen molar-refractivity contribution in [3.05, 3.63) is 48.2 Å². The van der Waals surface area contributed by atoms with E-state index in [4.69, 9.17) is 16.3 Å². The summed E-state index contributed by atoms with van der Waals surface area (Å²) >= 11 is 5.72. The Morgan fingerprint density at radius 1 is 1.21 bits per heavy atom. The average Bonchev–Trinajstić information content (AvgIpc) is 2.46. The molecule has 2 rings (SSSR count). The highest BCUT2D eigenvalue weighted by Gasteiger charge is 1.99. The minimum atomic E-state index is 0.600. The number of pyridine rings is 1. The fraction of sp³-hybridized carbons (Fsp3) is 0.267. The summed E-state index contributed by atoms with van der Waals surface area (Å²) < 4.78 is 5.10. The molecule has 0 saturated carbocycles. The van der Waals surface area contributed by atoms with Crippen molar-refractivity contribution >= 4 is 23.0 Å². The van der Waals surface area contributed by atoms with Gasteiger partial charge in [0.05, 0.1) is 7.11 Å². The van der Waals surface area contributed by atoms with Gasteiger partial charge < -0.3 is 10.1 Å². The SMILES string of the molecule is COc1cc(Nc2cccc(CCCCl)c2)ccn1. The zero-order valence-electron chi connectivity index (χ0n) is 10.9. The van der Waals surface area contributed by atoms with E-state index >= 15 is 0 Å². The first-order valence-corrected chi connectivity index (χ1v) is 6.77. The van der Waals surface area contributed by atoms with Crippen molar-refractivity contribution in [1.29, 1.82) is 0 Å². The van der Waals surface area contributed by atoms with Crippen LogP contribution in [0, 0.1) is 0 Å². The van der Waals surface area contributed by atoms with Crippen LogP contribution in [0.15, 0.2) is 42.6 Å². The maximum absolute atomic E-state index is 5.72. The largest absolute Gasteiger partial charge is 0.481 e. The van der Waals surface area contributed by atoms with Gasteiger partial charge in [-0.25, -0.2) is 4.98 Å². The molecular formula is C15H17ClN2O. The number of aryl methyl sites for hydroxylation is 1. The van der Waals surface area contributed by atoms with Crippen molar-refractivity contribution in [3.8, 4) is 5.88 Å². The van der Waals surface area contributed by atoms with Gasteiger partial charge in [0.2, 0.25) is 5.88 Å². The third-order valence-electron chi connectivity index (χ3n) is 2.76. The van der Waals surface area contributed by atoms with E-state index in [0.717, 1.165) is 24.2 Å². The molecule has 1 heterocycles. The number of methoxy groups -OCH3 is 1. The van der Waals surface area contributed by atoms with Crippen LogP contribution in [0.4, 0.5) is 11.4 Å². The predicted octanol–water partition coefficient (Wildman–Crippen LogP) is 4.01. The Morgan fingerprint density at radius 2 is 2.05 bits per heavy atom. The fourth-order valence-electron chi connectivity index (χ4n) is 1.84. The predicted molar refractivity (Wildman–Crippen MR) is 79.6 cm³/mol. The van der Waals surface area contributed by atoms with Gasteiger partial charge in [0.1, 0.15) is 0 Å². The quantitative estimate of drug-likeness (QED) is 0.810. The molecule has 0 spiro atoms. The van der Waals surface area contributed by atoms with E-state index in [-0.39, 0.29) is 0 Å². The number of hydrogen-bond acceptors (Lipinski definition) is 3. The molecule has 0 radical (unpaired) electrons. The number of nitrogens with one attached hydrogen (secondary N) is 1. The first kappa shape index (κ1) is 13.7. The first-order chi connectivity index (χ1) is 9.31. The van der Waals surface area contributed by atoms with E-state index in [0.29, 0.717) is 11.8 Å². The lowest BCUT2D eigenvalue weighted by Gasteiger charge is -2.09. The molecule has 0 bridgehead atoms. The minimum absolute atomic E-state index is 0.600. The molecule has 0 amide bonds. The van der Waals surface area contributed by atoms with Crippen LogP contribution in [-0.4, -0.2) is 18.0 Å². The number of ether oxygens (including phenoxy) is 1. The number of anilines is 2. The summed E-state index contributed by atoms with van der Waals surface area (Å²) in [6, 6.07) is 12.1. The summed E-state index contributed by atoms with van der Waals surface area (Å²) in [5.41, 5.74) is 3.30. The Morgan fingerprint density at radius 3 is 2.84 bits per heavy atom. The van der Waals surface area contributed by atoms with E-state index in [9.17, 15) is 0 Å². The zero-order valence-corrected chi connectivity index (χ0v) is 11.7. The first-order valence-electron chi connectivity index (χ1n) is 6.24. The van der Waals surface area contributed by atoms with Crippen LogP contribution < -0.4 is 10.1 Å². The van der Waals surface area contributed by atoms with Gasteiger partial charge in [-0.1, -0.05) is 12.1 Å². The lowest BCUT2D eigenvalue weighted by molar-refractivity contribution is 0.398. The molecule has 0 aliphatic carbocycles. The fourth-order valence-corrected chi connectivity index (χ4v) is 1.97. The smallest absolute Gasteiger partial charge is 0.214 e. The number of halogens is 1. The molecule has 0 aliphatic heterocycles. The van der Waals surface area contributed by atoms with Crippen molar-refractivity contribution in [3.63, 3.8) is 0 Å². The highest BCUT2D eigenvalue weighted by molar-refractivity contribution is 6.17. The number of nitrogens with zero attached hydrogens (tertiary/aromatic N) is 1. The van der Waals surface area contributed by atoms with Gasteiger partial charge in [0, 0.05) is 29.5 Å². The maximum atomic E-state index is 5.72. The summed E-state index contributed by atoms with van der Waals surface area (Å²) in [6.45, 7) is 0. The van der Waals surface area contributed by atoms with Gasteiger partial charge in [-0.05, 0) is 36.6 Å². The van der Waals surface area contributed by atoms with Crippen LogP contribution in [0.25, 0.3) is 0 Å². The maximum Gasteiger partial charge on any atom is 0.214 e. The Hall–Kier alpha value is -1.74. The van der Waals surface area contributed by atoms with Crippen LogP contribution in [0.3, 0.4) is 0 Å². The van der Waals surface area contributed by atoms with Crippen LogP contribution in [0.2, 0.25) is 0 Å². The Balaban J connectivity index is 2.09. The molecule has 1 aromatic heterocycles. The van der Waals surface area contributed by atoms with Gasteiger partial charge in [-0.15, -0.1) is 11.6 Å². The van der Waals surface area contributed by atoms with Gasteiger partial charge in [-0.2, -0.15) is 0 Å². The minimum Gasteiger partial charge on any atom is -0.481 e. The molecule has 0 aliphatic rings. The van der Waals surface area contributed by atoms with Crippen molar-refractivity contribution in [1.82, 2.24) is 4.98 Å². The van der Waals surface area contributed by atoms with E-state index in [2.05, 4.69) is 22.4 Å². The lowest BCUT2D eigenvalue weighted by atomic mass is 10.1. The third-order valence-corrected chi connectivity index (χ3v) is 3.03. The van der Waals surface area contributed by atoms with Crippen molar-refractivity contribution < 1.29 is 4.74 Å². The van der Waals surface area contributed by atoms with Gasteiger partial charge in [0.15, 0.2) is 0 Å². The second-order valence-electron chi connectivity index (χ2n) is 4.20. The van der Waals surface area contributed by atoms with Crippen LogP contribution in [-0.2, 0) is 6.42 Å². The molecule has 0 atom stereocenters. The van der Waals surface area contributed by atoms with Crippen molar-refractivity contribution in [2.24, 2.45) is 0 Å². The Kier molecular flexibility index (Phi) is 5.04. The Bertz CT molecular complexity index is 531. The Labute approximate surface area is 118 Å². The molecule has 2 aromatic rings. The van der Waals surface area contributed by atoms with Crippen LogP contribution in [0.1, 0.15) is 12.0 Å². The molecule has 0 fully saturated rings. The highest BCUT2D eigenvalue weighted by Crippen LogP contribution is 2.20. The molecule has 4 heteroatoms. The standard InChI is InChI=1S/C15H17ClN2O/c1-19-15-11-14(7-9-17-15)18-13-6-2-4-12(10-13)5-3-8-16/h2,4,6-7,9-11H,3,5,8H2,1H3,(H,17,18). The van der Waals surface area contributed by atoms with E-state index < -0.39 is 0 Å². The van der Waals surface area contributed by atoms with Gasteiger partial charge in [-0.3, -0.25) is 0 Å². The molecule has 1 N–H and O–H groups in total. The number of rotatable bonds is 6. The topological polar surface area (TPSA) is 34.1 Å². The second kappa shape index (κ2) is 7.00. The van der Waals surface area contributed by atoms with Gasteiger partial charge >= 0.3 is 0 Å². The molecule has 0 saturated heterocycles. The molecule has 0 unspecified atom stereocenters. The average molecular weight is 277 g/mol. The zero-order chi connectivity index (χ0) is 13.5. The summed E-state index contributed by atoms with van der Waals surface area (Å²) in [5.74, 6) is 1.29. The molecule has 3 nitrogen and oxygen atoms in total. The molecule has 19 heavy (non-hydrogen) atoms.